The molecule has 0 spiro atoms. The quantitative estimate of drug-likeness (QED) is 0.526. The van der Waals surface area contributed by atoms with Crippen LogP contribution in [-0.4, -0.2) is 28.9 Å². The number of nitrogens with one attached hydrogen (secondary N) is 2. The van der Waals surface area contributed by atoms with Crippen LogP contribution >= 0.6 is 11.8 Å². The second-order valence-electron chi connectivity index (χ2n) is 3.66. The fourth-order valence-electron chi connectivity index (χ4n) is 1.30. The highest BCUT2D eigenvalue weighted by atomic mass is 32.2. The van der Waals surface area contributed by atoms with Crippen LogP contribution in [0.15, 0.2) is 18.5 Å². The molecule has 1 unspecified atom stereocenters. The van der Waals surface area contributed by atoms with Crippen LogP contribution in [-0.2, 0) is 0 Å². The Morgan fingerprint density at radius 2 is 2.41 bits per heavy atom. The van der Waals surface area contributed by atoms with Gasteiger partial charge in [0.25, 0.3) is 5.91 Å². The molecule has 0 aliphatic heterocycles. The Kier molecular flexibility index (Phi) is 5.79. The third-order valence-corrected chi connectivity index (χ3v) is 3.50. The lowest BCUT2D eigenvalue weighted by Crippen LogP contribution is -2.27. The summed E-state index contributed by atoms with van der Waals surface area (Å²) in [4.78, 5) is 15.8. The first kappa shape index (κ1) is 13.8. The lowest BCUT2D eigenvalue weighted by atomic mass is 10.2. The molecule has 6 heteroatoms. The summed E-state index contributed by atoms with van der Waals surface area (Å²) in [5.41, 5.74) is 3.53. The fraction of sp³-hybridized carbons (Fsp3) is 0.455. The fourth-order valence-corrected chi connectivity index (χ4v) is 1.66. The van der Waals surface area contributed by atoms with Gasteiger partial charge in [0.15, 0.2) is 0 Å². The molecule has 1 amide bonds. The van der Waals surface area contributed by atoms with Crippen molar-refractivity contribution in [3.05, 3.63) is 24.0 Å². The highest BCUT2D eigenvalue weighted by molar-refractivity contribution is 7.99. The summed E-state index contributed by atoms with van der Waals surface area (Å²) in [6.07, 6.45) is 6.09. The minimum Gasteiger partial charge on any atom is -0.352 e. The summed E-state index contributed by atoms with van der Waals surface area (Å²) in [7, 11) is 0. The Labute approximate surface area is 106 Å². The van der Waals surface area contributed by atoms with Gasteiger partial charge in [-0.05, 0) is 18.7 Å². The van der Waals surface area contributed by atoms with Crippen LogP contribution < -0.4 is 16.6 Å². The molecule has 5 nitrogen and oxygen atoms in total. The van der Waals surface area contributed by atoms with Crippen molar-refractivity contribution in [2.24, 2.45) is 5.84 Å². The van der Waals surface area contributed by atoms with E-state index in [4.69, 9.17) is 5.84 Å². The predicted octanol–water partition coefficient (Wildman–Crippen LogP) is 1.24. The number of aromatic nitrogens is 1. The number of nitrogen functional groups attached to an aromatic ring is 1. The molecule has 0 aliphatic carbocycles. The molecule has 0 saturated carbocycles. The largest absolute Gasteiger partial charge is 0.352 e. The molecule has 0 aromatic carbocycles. The van der Waals surface area contributed by atoms with Gasteiger partial charge >= 0.3 is 0 Å². The number of nitrogens with zero attached hydrogens (tertiary/aromatic N) is 1. The zero-order valence-corrected chi connectivity index (χ0v) is 10.9. The molecule has 0 aliphatic rings. The van der Waals surface area contributed by atoms with Gasteiger partial charge in [-0.15, -0.1) is 0 Å². The molecule has 0 bridgehead atoms. The smallest absolute Gasteiger partial charge is 0.255 e. The molecule has 1 aromatic heterocycles. The Bertz CT molecular complexity index is 372. The highest BCUT2D eigenvalue weighted by Crippen LogP contribution is 2.12. The molecule has 1 atom stereocenters. The minimum absolute atomic E-state index is 0.153. The summed E-state index contributed by atoms with van der Waals surface area (Å²) in [5.74, 6) is 5.17. The van der Waals surface area contributed by atoms with Crippen molar-refractivity contribution in [1.82, 2.24) is 10.3 Å². The SMILES string of the molecule is CSC(C)CCNC(=O)c1cnccc1NN. The maximum atomic E-state index is 11.8. The van der Waals surface area contributed by atoms with Gasteiger partial charge in [-0.2, -0.15) is 11.8 Å². The molecule has 4 N–H and O–H groups in total. The van der Waals surface area contributed by atoms with E-state index in [0.717, 1.165) is 6.42 Å². The van der Waals surface area contributed by atoms with Gasteiger partial charge in [0.05, 0.1) is 11.3 Å². The van der Waals surface area contributed by atoms with Crippen LogP contribution in [0.1, 0.15) is 23.7 Å². The third-order valence-electron chi connectivity index (χ3n) is 2.46. The van der Waals surface area contributed by atoms with Gasteiger partial charge in [0.2, 0.25) is 0 Å². The zero-order valence-electron chi connectivity index (χ0n) is 10.1. The molecule has 0 radical (unpaired) electrons. The van der Waals surface area contributed by atoms with E-state index in [9.17, 15) is 4.79 Å². The van der Waals surface area contributed by atoms with Crippen LogP contribution in [0.2, 0.25) is 0 Å². The second-order valence-corrected chi connectivity index (χ2v) is 4.93. The molecule has 17 heavy (non-hydrogen) atoms. The number of anilines is 1. The van der Waals surface area contributed by atoms with Crippen LogP contribution in [0.25, 0.3) is 0 Å². The molecule has 94 valence electrons. The van der Waals surface area contributed by atoms with Crippen molar-refractivity contribution < 1.29 is 4.79 Å². The van der Waals surface area contributed by atoms with E-state index in [1.165, 1.54) is 6.20 Å². The van der Waals surface area contributed by atoms with Gasteiger partial charge in [-0.3, -0.25) is 15.6 Å². The summed E-state index contributed by atoms with van der Waals surface area (Å²) < 4.78 is 0. The zero-order chi connectivity index (χ0) is 12.7. The second kappa shape index (κ2) is 7.13. The van der Waals surface area contributed by atoms with E-state index >= 15 is 0 Å². The monoisotopic (exact) mass is 254 g/mol. The number of pyridine rings is 1. The Hall–Kier alpha value is -1.27. The molecule has 0 saturated heterocycles. The number of hydrogen-bond acceptors (Lipinski definition) is 5. The van der Waals surface area contributed by atoms with E-state index in [2.05, 4.69) is 28.9 Å². The number of hydrazine groups is 1. The first-order chi connectivity index (χ1) is 8.19. The Morgan fingerprint density at radius 3 is 3.06 bits per heavy atom. The van der Waals surface area contributed by atoms with Gasteiger partial charge in [0, 0.05) is 24.2 Å². The maximum absolute atomic E-state index is 11.8. The number of carbonyl (C=O) groups is 1. The minimum atomic E-state index is -0.153. The Balaban J connectivity index is 2.52. The van der Waals surface area contributed by atoms with E-state index < -0.39 is 0 Å². The van der Waals surface area contributed by atoms with Gasteiger partial charge in [-0.1, -0.05) is 6.92 Å². The van der Waals surface area contributed by atoms with Crippen molar-refractivity contribution in [3.63, 3.8) is 0 Å². The summed E-state index contributed by atoms with van der Waals surface area (Å²) in [6, 6.07) is 1.67. The van der Waals surface area contributed by atoms with Crippen LogP contribution in [0, 0.1) is 0 Å². The van der Waals surface area contributed by atoms with Crippen molar-refractivity contribution in [3.8, 4) is 0 Å². The van der Waals surface area contributed by atoms with E-state index in [-0.39, 0.29) is 5.91 Å². The molecule has 0 fully saturated rings. The number of carbonyl (C=O) groups excluding carboxylic acids is 1. The van der Waals surface area contributed by atoms with E-state index in [1.54, 1.807) is 24.0 Å². The van der Waals surface area contributed by atoms with Crippen molar-refractivity contribution in [1.29, 1.82) is 0 Å². The summed E-state index contributed by atoms with van der Waals surface area (Å²) in [6.45, 7) is 2.79. The average molecular weight is 254 g/mol. The lowest BCUT2D eigenvalue weighted by molar-refractivity contribution is 0.0954. The first-order valence-corrected chi connectivity index (χ1v) is 6.69. The van der Waals surface area contributed by atoms with Crippen molar-refractivity contribution in [2.75, 3.05) is 18.2 Å². The number of nitrogens with two attached hydrogens (primary N) is 1. The molecule has 1 heterocycles. The number of rotatable bonds is 6. The number of thioether (sulfide) groups is 1. The van der Waals surface area contributed by atoms with E-state index in [1.807, 2.05) is 0 Å². The first-order valence-electron chi connectivity index (χ1n) is 5.40. The summed E-state index contributed by atoms with van der Waals surface area (Å²) >= 11 is 1.78. The van der Waals surface area contributed by atoms with E-state index in [0.29, 0.717) is 23.0 Å². The number of amides is 1. The Morgan fingerprint density at radius 1 is 1.65 bits per heavy atom. The van der Waals surface area contributed by atoms with Gasteiger partial charge in [-0.25, -0.2) is 0 Å². The molecule has 1 aromatic rings. The molecule has 1 rings (SSSR count). The normalized spacial score (nSPS) is 11.9. The third kappa shape index (κ3) is 4.24. The van der Waals surface area contributed by atoms with Crippen molar-refractivity contribution >= 4 is 23.4 Å². The molecular formula is C11H18N4OS. The topological polar surface area (TPSA) is 80.0 Å². The predicted molar refractivity (Wildman–Crippen MR) is 72.0 cm³/mol. The molecular weight excluding hydrogens is 236 g/mol. The average Bonchev–Trinajstić information content (AvgIpc) is 2.38. The van der Waals surface area contributed by atoms with Gasteiger partial charge in [0.1, 0.15) is 0 Å². The lowest BCUT2D eigenvalue weighted by Gasteiger charge is -2.11. The maximum Gasteiger partial charge on any atom is 0.255 e. The van der Waals surface area contributed by atoms with Crippen LogP contribution in [0.4, 0.5) is 5.69 Å². The standard InChI is InChI=1S/C11H18N4OS/c1-8(17-2)3-6-14-11(16)9-7-13-5-4-10(9)15-12/h4-5,7-8H,3,6,12H2,1-2H3,(H,13,15)(H,14,16). The van der Waals surface area contributed by atoms with Gasteiger partial charge < -0.3 is 10.7 Å². The number of hydrogen-bond donors (Lipinski definition) is 3. The highest BCUT2D eigenvalue weighted by Gasteiger charge is 2.10. The van der Waals surface area contributed by atoms with Crippen LogP contribution in [0.3, 0.4) is 0 Å². The van der Waals surface area contributed by atoms with Crippen LogP contribution in [0.5, 0.6) is 0 Å². The summed E-state index contributed by atoms with van der Waals surface area (Å²) in [5, 5.41) is 3.39. The van der Waals surface area contributed by atoms with Crippen molar-refractivity contribution in [2.45, 2.75) is 18.6 Å².